The number of nitrogens with two attached hydrogens (primary N) is 1. The number of hydrogen-bond acceptors (Lipinski definition) is 4. The van der Waals surface area contributed by atoms with E-state index >= 15 is 0 Å². The van der Waals surface area contributed by atoms with Crippen LogP contribution in [0.5, 0.6) is 0 Å². The van der Waals surface area contributed by atoms with Gasteiger partial charge in [-0.05, 0) is 12.1 Å². The van der Waals surface area contributed by atoms with Gasteiger partial charge in [0, 0.05) is 5.56 Å². The number of hydrogen-bond donors (Lipinski definition) is 2. The Labute approximate surface area is 98.0 Å². The van der Waals surface area contributed by atoms with Gasteiger partial charge in [0.1, 0.15) is 5.82 Å². The molecule has 0 saturated heterocycles. The first kappa shape index (κ1) is 14.3. The highest BCUT2D eigenvalue weighted by molar-refractivity contribution is 5.43. The number of halogens is 4. The number of aliphatic hydroxyl groups excluding tert-OH is 1. The van der Waals surface area contributed by atoms with E-state index in [1.807, 2.05) is 0 Å². The molecule has 100 valence electrons. The molecule has 0 unspecified atom stereocenters. The third-order valence-electron chi connectivity index (χ3n) is 2.22. The minimum Gasteiger partial charge on any atom is -0.382 e. The minimum absolute atomic E-state index is 0.443. The van der Waals surface area contributed by atoms with E-state index in [4.69, 9.17) is 10.8 Å². The molecule has 1 aromatic carbocycles. The lowest BCUT2D eigenvalue weighted by Gasteiger charge is -2.21. The molecule has 0 bridgehead atoms. The third-order valence-corrected chi connectivity index (χ3v) is 2.22. The molecule has 2 atom stereocenters. The highest BCUT2D eigenvalue weighted by Gasteiger charge is 2.44. The van der Waals surface area contributed by atoms with Crippen LogP contribution >= 0.6 is 0 Å². The average molecular weight is 268 g/mol. The van der Waals surface area contributed by atoms with Crippen LogP contribution in [0.25, 0.3) is 0 Å². The summed E-state index contributed by atoms with van der Waals surface area (Å²) in [6.45, 7) is 0. The first-order valence-corrected chi connectivity index (χ1v) is 4.58. The molecule has 1 aromatic rings. The normalized spacial score (nSPS) is 15.2. The van der Waals surface area contributed by atoms with Crippen LogP contribution in [0.15, 0.2) is 18.2 Å². The smallest absolute Gasteiger partial charge is 0.382 e. The van der Waals surface area contributed by atoms with Crippen LogP contribution in [-0.4, -0.2) is 22.3 Å². The van der Waals surface area contributed by atoms with Crippen molar-refractivity contribution in [2.75, 3.05) is 0 Å². The highest BCUT2D eigenvalue weighted by atomic mass is 19.4. The second kappa shape index (κ2) is 4.86. The van der Waals surface area contributed by atoms with Gasteiger partial charge < -0.3 is 10.8 Å². The summed E-state index contributed by atoms with van der Waals surface area (Å²) in [5.41, 5.74) is 3.61. The number of nitrogens with zero attached hydrogens (tertiary/aromatic N) is 1. The van der Waals surface area contributed by atoms with E-state index in [-0.39, 0.29) is 0 Å². The van der Waals surface area contributed by atoms with E-state index in [0.717, 1.165) is 12.1 Å². The van der Waals surface area contributed by atoms with Crippen molar-refractivity contribution in [2.24, 2.45) is 5.73 Å². The Morgan fingerprint density at radius 2 is 1.94 bits per heavy atom. The van der Waals surface area contributed by atoms with Crippen molar-refractivity contribution < 1.29 is 27.6 Å². The molecule has 0 aromatic heterocycles. The number of benzene rings is 1. The lowest BCUT2D eigenvalue weighted by Crippen LogP contribution is -2.39. The summed E-state index contributed by atoms with van der Waals surface area (Å²) in [7, 11) is 0. The fourth-order valence-electron chi connectivity index (χ4n) is 1.33. The van der Waals surface area contributed by atoms with Crippen molar-refractivity contribution in [2.45, 2.75) is 18.3 Å². The van der Waals surface area contributed by atoms with Gasteiger partial charge in [-0.25, -0.2) is 4.39 Å². The highest BCUT2D eigenvalue weighted by Crippen LogP contribution is 2.33. The second-order valence-corrected chi connectivity index (χ2v) is 3.47. The number of rotatable bonds is 3. The Bertz CT molecular complexity index is 464. The molecule has 0 aliphatic rings. The lowest BCUT2D eigenvalue weighted by molar-refractivity contribution is -0.386. The first-order valence-electron chi connectivity index (χ1n) is 4.58. The number of nitro groups is 1. The van der Waals surface area contributed by atoms with E-state index < -0.39 is 40.3 Å². The third kappa shape index (κ3) is 2.93. The van der Waals surface area contributed by atoms with Crippen LogP contribution in [0.4, 0.5) is 23.2 Å². The van der Waals surface area contributed by atoms with Crippen molar-refractivity contribution >= 4 is 5.69 Å². The zero-order valence-electron chi connectivity index (χ0n) is 8.69. The molecule has 0 heterocycles. The largest absolute Gasteiger partial charge is 0.416 e. The molecule has 18 heavy (non-hydrogen) atoms. The van der Waals surface area contributed by atoms with E-state index in [9.17, 15) is 27.7 Å². The van der Waals surface area contributed by atoms with Gasteiger partial charge >= 0.3 is 6.18 Å². The summed E-state index contributed by atoms with van der Waals surface area (Å²) in [5.74, 6) is -0.987. The summed E-state index contributed by atoms with van der Waals surface area (Å²) in [6, 6.07) is -0.151. The fourth-order valence-corrected chi connectivity index (χ4v) is 1.33. The van der Waals surface area contributed by atoms with Gasteiger partial charge in [-0.2, -0.15) is 13.2 Å². The van der Waals surface area contributed by atoms with Crippen LogP contribution in [0, 0.1) is 15.9 Å². The predicted octanol–water partition coefficient (Wildman–Crippen LogP) is 1.66. The number of aliphatic hydroxyl groups is 1. The number of alkyl halides is 3. The van der Waals surface area contributed by atoms with Gasteiger partial charge in [0.05, 0.1) is 17.0 Å². The van der Waals surface area contributed by atoms with Crippen molar-refractivity contribution in [1.29, 1.82) is 0 Å². The van der Waals surface area contributed by atoms with Crippen molar-refractivity contribution in [3.8, 4) is 0 Å². The second-order valence-electron chi connectivity index (χ2n) is 3.47. The van der Waals surface area contributed by atoms with Crippen molar-refractivity contribution in [3.05, 3.63) is 39.7 Å². The standard InChI is InChI=1S/C9H8F4N2O3/c10-4-1-2-5(6(3-4)15(17)18)7(14)8(16)9(11,12)13/h1-3,7-8,16H,14H2/t7-,8-/m1/s1. The molecule has 5 nitrogen and oxygen atoms in total. The van der Waals surface area contributed by atoms with Gasteiger partial charge in [-0.3, -0.25) is 10.1 Å². The predicted molar refractivity (Wildman–Crippen MR) is 52.0 cm³/mol. The molecule has 0 radical (unpaired) electrons. The topological polar surface area (TPSA) is 89.4 Å². The zero-order chi connectivity index (χ0) is 14.1. The van der Waals surface area contributed by atoms with Crippen LogP contribution in [0.1, 0.15) is 11.6 Å². The van der Waals surface area contributed by atoms with Crippen LogP contribution in [-0.2, 0) is 0 Å². The fraction of sp³-hybridized carbons (Fsp3) is 0.333. The molecule has 0 aliphatic carbocycles. The van der Waals surface area contributed by atoms with Crippen LogP contribution < -0.4 is 5.73 Å². The summed E-state index contributed by atoms with van der Waals surface area (Å²) in [4.78, 5) is 9.50. The van der Waals surface area contributed by atoms with Gasteiger partial charge in [0.25, 0.3) is 5.69 Å². The SMILES string of the molecule is N[C@H](c1ccc(F)cc1[N+](=O)[O-])[C@@H](O)C(F)(F)F. The monoisotopic (exact) mass is 268 g/mol. The molecule has 0 aliphatic heterocycles. The molecule has 0 spiro atoms. The van der Waals surface area contributed by atoms with Gasteiger partial charge in [-0.1, -0.05) is 0 Å². The molecule has 9 heteroatoms. The molecule has 0 saturated carbocycles. The van der Waals surface area contributed by atoms with Crippen LogP contribution in [0.2, 0.25) is 0 Å². The molecule has 3 N–H and O–H groups in total. The summed E-state index contributed by atoms with van der Waals surface area (Å²) in [5, 5.41) is 19.5. The van der Waals surface area contributed by atoms with Crippen LogP contribution in [0.3, 0.4) is 0 Å². The van der Waals surface area contributed by atoms with E-state index in [2.05, 4.69) is 0 Å². The maximum atomic E-state index is 12.8. The average Bonchev–Trinajstić information content (AvgIpc) is 2.25. The molecular formula is C9H8F4N2O3. The maximum absolute atomic E-state index is 12.8. The number of nitro benzene ring substituents is 1. The van der Waals surface area contributed by atoms with Crippen molar-refractivity contribution in [1.82, 2.24) is 0 Å². The van der Waals surface area contributed by atoms with Gasteiger partial charge in [0.15, 0.2) is 6.10 Å². The minimum atomic E-state index is -5.03. The van der Waals surface area contributed by atoms with E-state index in [0.29, 0.717) is 6.07 Å². The van der Waals surface area contributed by atoms with Crippen molar-refractivity contribution in [3.63, 3.8) is 0 Å². The Morgan fingerprint density at radius 3 is 2.39 bits per heavy atom. The molecule has 0 fully saturated rings. The first-order chi connectivity index (χ1) is 8.14. The maximum Gasteiger partial charge on any atom is 0.416 e. The lowest BCUT2D eigenvalue weighted by atomic mass is 10.00. The summed E-state index contributed by atoms with van der Waals surface area (Å²) >= 11 is 0. The quantitative estimate of drug-likeness (QED) is 0.495. The molecular weight excluding hydrogens is 260 g/mol. The molecule has 1 rings (SSSR count). The Morgan fingerprint density at radius 1 is 1.39 bits per heavy atom. The van der Waals surface area contributed by atoms with E-state index in [1.165, 1.54) is 0 Å². The van der Waals surface area contributed by atoms with Gasteiger partial charge in [0.2, 0.25) is 0 Å². The Hall–Kier alpha value is -1.74. The summed E-state index contributed by atoms with van der Waals surface area (Å²) in [6.07, 6.45) is -8.00. The summed E-state index contributed by atoms with van der Waals surface area (Å²) < 4.78 is 49.4. The Balaban J connectivity index is 3.21. The zero-order valence-corrected chi connectivity index (χ0v) is 8.69. The van der Waals surface area contributed by atoms with Gasteiger partial charge in [-0.15, -0.1) is 0 Å². The molecule has 0 amide bonds. The Kier molecular flexibility index (Phi) is 3.87. The van der Waals surface area contributed by atoms with E-state index in [1.54, 1.807) is 0 Å².